The van der Waals surface area contributed by atoms with Crippen LogP contribution in [0.2, 0.25) is 0 Å². The van der Waals surface area contributed by atoms with Gasteiger partial charge in [-0.2, -0.15) is 5.26 Å². The molecule has 0 bridgehead atoms. The summed E-state index contributed by atoms with van der Waals surface area (Å²) in [4.78, 5) is 6.46. The molecule has 0 unspecified atom stereocenters. The van der Waals surface area contributed by atoms with Gasteiger partial charge in [0.15, 0.2) is 0 Å². The number of phenolic OH excluding ortho intramolecular Hbond substituents is 1. The normalized spacial score (nSPS) is 15.0. The highest BCUT2D eigenvalue weighted by Gasteiger charge is 2.19. The molecule has 2 heterocycles. The van der Waals surface area contributed by atoms with Crippen LogP contribution >= 0.6 is 0 Å². The molecule has 118 valence electrons. The monoisotopic (exact) mass is 309 g/mol. The Morgan fingerprint density at radius 1 is 1.26 bits per heavy atom. The predicted molar refractivity (Wildman–Crippen MR) is 90.2 cm³/mol. The number of para-hydroxylation sites is 1. The van der Waals surface area contributed by atoms with Crippen LogP contribution in [0.5, 0.6) is 5.75 Å². The number of hydrogen-bond acceptors (Lipinski definition) is 6. The topological polar surface area (TPSA) is 98.2 Å². The Labute approximate surface area is 135 Å². The summed E-state index contributed by atoms with van der Waals surface area (Å²) in [5.41, 5.74) is 8.37. The number of nitriles is 1. The first-order valence-electron chi connectivity index (χ1n) is 7.65. The quantitative estimate of drug-likeness (QED) is 0.781. The number of nitrogens with one attached hydrogen (secondary N) is 1. The Morgan fingerprint density at radius 2 is 2.09 bits per heavy atom. The number of nitrogens with zero attached hydrogens (tertiary/aromatic N) is 3. The maximum absolute atomic E-state index is 10.1. The van der Waals surface area contributed by atoms with Gasteiger partial charge in [-0.1, -0.05) is 12.1 Å². The maximum atomic E-state index is 10.1. The molecule has 0 aliphatic carbocycles. The van der Waals surface area contributed by atoms with E-state index in [-0.39, 0.29) is 11.6 Å². The molecule has 1 saturated heterocycles. The molecule has 0 radical (unpaired) electrons. The smallest absolute Gasteiger partial charge is 0.144 e. The van der Waals surface area contributed by atoms with E-state index < -0.39 is 0 Å². The average Bonchev–Trinajstić information content (AvgIpc) is 2.83. The van der Waals surface area contributed by atoms with Crippen LogP contribution in [0.4, 0.5) is 11.5 Å². The predicted octanol–water partition coefficient (Wildman–Crippen LogP) is 1.71. The van der Waals surface area contributed by atoms with E-state index in [0.717, 1.165) is 38.3 Å². The highest BCUT2D eigenvalue weighted by molar-refractivity contribution is 5.77. The van der Waals surface area contributed by atoms with Crippen molar-refractivity contribution in [3.63, 3.8) is 0 Å². The summed E-state index contributed by atoms with van der Waals surface area (Å²) in [6, 6.07) is 11.0. The molecule has 23 heavy (non-hydrogen) atoms. The number of nitrogen functional groups attached to an aromatic ring is 1. The van der Waals surface area contributed by atoms with E-state index in [1.54, 1.807) is 18.2 Å². The molecule has 0 atom stereocenters. The summed E-state index contributed by atoms with van der Waals surface area (Å²) >= 11 is 0. The number of phenols is 1. The Balaban J connectivity index is 2.10. The second-order valence-corrected chi connectivity index (χ2v) is 5.51. The van der Waals surface area contributed by atoms with Crippen molar-refractivity contribution in [2.24, 2.45) is 0 Å². The molecule has 0 saturated carbocycles. The Kier molecular flexibility index (Phi) is 4.31. The largest absolute Gasteiger partial charge is 0.507 e. The third kappa shape index (κ3) is 3.05. The van der Waals surface area contributed by atoms with Crippen molar-refractivity contribution in [2.45, 2.75) is 6.42 Å². The second kappa shape index (κ2) is 6.55. The zero-order valence-corrected chi connectivity index (χ0v) is 12.8. The van der Waals surface area contributed by atoms with E-state index in [1.807, 2.05) is 12.1 Å². The lowest BCUT2D eigenvalue weighted by atomic mass is 10.1. The molecule has 0 amide bonds. The zero-order chi connectivity index (χ0) is 16.2. The standard InChI is InChI=1S/C17H19N5O/c18-11-13-15(22-8-3-6-20-7-9-22)10-14(21-17(13)19)12-4-1-2-5-16(12)23/h1-2,4-5,10,20,23H,3,6-9H2,(H2,19,21). The van der Waals surface area contributed by atoms with Crippen molar-refractivity contribution in [2.75, 3.05) is 36.8 Å². The molecule has 6 nitrogen and oxygen atoms in total. The van der Waals surface area contributed by atoms with E-state index in [4.69, 9.17) is 5.73 Å². The maximum Gasteiger partial charge on any atom is 0.144 e. The van der Waals surface area contributed by atoms with Crippen LogP contribution in [-0.2, 0) is 0 Å². The molecule has 2 aromatic rings. The van der Waals surface area contributed by atoms with E-state index in [2.05, 4.69) is 21.3 Å². The van der Waals surface area contributed by atoms with Crippen molar-refractivity contribution in [1.29, 1.82) is 5.26 Å². The highest BCUT2D eigenvalue weighted by atomic mass is 16.3. The minimum atomic E-state index is 0.146. The second-order valence-electron chi connectivity index (χ2n) is 5.51. The number of nitrogens with two attached hydrogens (primary N) is 1. The average molecular weight is 309 g/mol. The molecule has 4 N–H and O–H groups in total. The minimum Gasteiger partial charge on any atom is -0.507 e. The van der Waals surface area contributed by atoms with E-state index in [1.165, 1.54) is 0 Å². The van der Waals surface area contributed by atoms with Crippen LogP contribution < -0.4 is 16.0 Å². The number of anilines is 2. The Morgan fingerprint density at radius 3 is 2.87 bits per heavy atom. The van der Waals surface area contributed by atoms with Gasteiger partial charge in [0.2, 0.25) is 0 Å². The number of pyridine rings is 1. The lowest BCUT2D eigenvalue weighted by molar-refractivity contribution is 0.477. The molecule has 3 rings (SSSR count). The Hall–Kier alpha value is -2.78. The van der Waals surface area contributed by atoms with Gasteiger partial charge in [0.1, 0.15) is 23.2 Å². The summed E-state index contributed by atoms with van der Waals surface area (Å²) in [5.74, 6) is 0.341. The summed E-state index contributed by atoms with van der Waals surface area (Å²) in [6.45, 7) is 3.48. The summed E-state index contributed by atoms with van der Waals surface area (Å²) < 4.78 is 0. The van der Waals surface area contributed by atoms with Crippen molar-refractivity contribution in [1.82, 2.24) is 10.3 Å². The van der Waals surface area contributed by atoms with E-state index in [0.29, 0.717) is 16.8 Å². The third-order valence-electron chi connectivity index (χ3n) is 4.00. The van der Waals surface area contributed by atoms with Gasteiger partial charge in [-0.15, -0.1) is 0 Å². The molecule has 1 aromatic heterocycles. The first-order valence-corrected chi connectivity index (χ1v) is 7.65. The number of aromatic hydroxyl groups is 1. The van der Waals surface area contributed by atoms with Gasteiger partial charge in [-0.25, -0.2) is 4.98 Å². The third-order valence-corrected chi connectivity index (χ3v) is 4.00. The van der Waals surface area contributed by atoms with Gasteiger partial charge >= 0.3 is 0 Å². The number of rotatable bonds is 2. The zero-order valence-electron chi connectivity index (χ0n) is 12.8. The van der Waals surface area contributed by atoms with Crippen LogP contribution in [0.25, 0.3) is 11.3 Å². The SMILES string of the molecule is N#Cc1c(N2CCCNCC2)cc(-c2ccccc2O)nc1N. The summed E-state index contributed by atoms with van der Waals surface area (Å²) in [7, 11) is 0. The van der Waals surface area contributed by atoms with Crippen LogP contribution in [0.15, 0.2) is 30.3 Å². The van der Waals surface area contributed by atoms with Crippen LogP contribution in [0.3, 0.4) is 0 Å². The molecule has 1 aliphatic heterocycles. The van der Waals surface area contributed by atoms with Crippen molar-refractivity contribution < 1.29 is 5.11 Å². The summed E-state index contributed by atoms with van der Waals surface area (Å²) in [5, 5.41) is 22.9. The summed E-state index contributed by atoms with van der Waals surface area (Å²) in [6.07, 6.45) is 0.999. The number of hydrogen-bond donors (Lipinski definition) is 3. The number of aromatic nitrogens is 1. The van der Waals surface area contributed by atoms with Gasteiger partial charge in [0.05, 0.1) is 11.4 Å². The molecule has 1 aromatic carbocycles. The van der Waals surface area contributed by atoms with Gasteiger partial charge in [0, 0.05) is 25.2 Å². The minimum absolute atomic E-state index is 0.146. The van der Waals surface area contributed by atoms with Gasteiger partial charge < -0.3 is 21.1 Å². The van der Waals surface area contributed by atoms with Crippen molar-refractivity contribution in [3.05, 3.63) is 35.9 Å². The highest BCUT2D eigenvalue weighted by Crippen LogP contribution is 2.33. The van der Waals surface area contributed by atoms with Crippen molar-refractivity contribution in [3.8, 4) is 23.1 Å². The molecule has 1 aliphatic rings. The lowest BCUT2D eigenvalue weighted by Gasteiger charge is -2.24. The first-order chi connectivity index (χ1) is 11.2. The molecule has 6 heteroatoms. The van der Waals surface area contributed by atoms with E-state index in [9.17, 15) is 10.4 Å². The fourth-order valence-corrected chi connectivity index (χ4v) is 2.83. The number of benzene rings is 1. The molecule has 1 fully saturated rings. The van der Waals surface area contributed by atoms with E-state index >= 15 is 0 Å². The van der Waals surface area contributed by atoms with Gasteiger partial charge in [-0.05, 0) is 31.2 Å². The fourth-order valence-electron chi connectivity index (χ4n) is 2.83. The van der Waals surface area contributed by atoms with Crippen LogP contribution in [0, 0.1) is 11.3 Å². The van der Waals surface area contributed by atoms with Crippen molar-refractivity contribution >= 4 is 11.5 Å². The van der Waals surface area contributed by atoms with Gasteiger partial charge in [-0.3, -0.25) is 0 Å². The fraction of sp³-hybridized carbons (Fsp3) is 0.294. The van der Waals surface area contributed by atoms with Crippen LogP contribution in [-0.4, -0.2) is 36.3 Å². The molecule has 0 spiro atoms. The van der Waals surface area contributed by atoms with Gasteiger partial charge in [0.25, 0.3) is 0 Å². The first kappa shape index (κ1) is 15.1. The van der Waals surface area contributed by atoms with Crippen LogP contribution in [0.1, 0.15) is 12.0 Å². The lowest BCUT2D eigenvalue weighted by Crippen LogP contribution is -2.28. The molecular formula is C17H19N5O. The molecular weight excluding hydrogens is 290 g/mol. The Bertz CT molecular complexity index is 745.